The maximum absolute atomic E-state index is 11.7. The third-order valence-electron chi connectivity index (χ3n) is 3.21. The Morgan fingerprint density at radius 3 is 1.96 bits per heavy atom. The number of amides is 2. The van der Waals surface area contributed by atoms with Crippen molar-refractivity contribution in [3.05, 3.63) is 0 Å². The Hall–Kier alpha value is -1.55. The largest absolute Gasteiger partial charge is 0.400 e. The van der Waals surface area contributed by atoms with Crippen molar-refractivity contribution in [2.75, 3.05) is 26.7 Å². The molecule has 0 bridgehead atoms. The van der Waals surface area contributed by atoms with E-state index < -0.39 is 18.0 Å². The fraction of sp³-hybridized carbons (Fsp3) is 0.824. The first-order chi connectivity index (χ1) is 12.5. The van der Waals surface area contributed by atoms with E-state index in [4.69, 9.17) is 22.3 Å². The molecule has 0 aromatic rings. The normalized spacial score (nSPS) is 11.7. The molecular formula is C17H39N5O4. The van der Waals surface area contributed by atoms with E-state index in [1.54, 1.807) is 0 Å². The highest BCUT2D eigenvalue weighted by atomic mass is 16.2. The number of aliphatic hydroxyl groups is 1. The zero-order chi connectivity index (χ0) is 20.8. The van der Waals surface area contributed by atoms with Crippen LogP contribution in [-0.4, -0.2) is 62.0 Å². The average Bonchev–Trinajstić information content (AvgIpc) is 2.68. The minimum Gasteiger partial charge on any atom is -0.400 e. The van der Waals surface area contributed by atoms with E-state index in [1.807, 2.05) is 13.8 Å². The molecule has 0 aliphatic carbocycles. The van der Waals surface area contributed by atoms with Crippen LogP contribution in [0.4, 0.5) is 0 Å². The summed E-state index contributed by atoms with van der Waals surface area (Å²) in [7, 11) is 1.00. The van der Waals surface area contributed by atoms with Crippen molar-refractivity contribution >= 4 is 18.1 Å². The number of hydrogen-bond acceptors (Lipinski definition) is 7. The second kappa shape index (κ2) is 23.4. The fourth-order valence-electron chi connectivity index (χ4n) is 1.88. The molecule has 156 valence electrons. The molecule has 0 rings (SSSR count). The van der Waals surface area contributed by atoms with E-state index in [1.165, 1.54) is 0 Å². The van der Waals surface area contributed by atoms with Crippen molar-refractivity contribution in [1.29, 1.82) is 0 Å². The van der Waals surface area contributed by atoms with Gasteiger partial charge in [-0.2, -0.15) is 0 Å². The molecule has 0 fully saturated rings. The lowest BCUT2D eigenvalue weighted by Crippen LogP contribution is -2.47. The topological polar surface area (TPSA) is 174 Å². The molecular weight excluding hydrogens is 338 g/mol. The predicted molar refractivity (Wildman–Crippen MR) is 104 cm³/mol. The molecule has 0 aliphatic heterocycles. The second-order valence-electron chi connectivity index (χ2n) is 5.20. The summed E-state index contributed by atoms with van der Waals surface area (Å²) >= 11 is 0. The highest BCUT2D eigenvalue weighted by Gasteiger charge is 2.15. The number of nitrogens with one attached hydrogen (secondary N) is 2. The van der Waals surface area contributed by atoms with Crippen LogP contribution in [0.15, 0.2) is 0 Å². The van der Waals surface area contributed by atoms with E-state index in [9.17, 15) is 14.4 Å². The Morgan fingerprint density at radius 1 is 1.00 bits per heavy atom. The van der Waals surface area contributed by atoms with Gasteiger partial charge in [0, 0.05) is 7.11 Å². The van der Waals surface area contributed by atoms with E-state index in [-0.39, 0.29) is 12.5 Å². The van der Waals surface area contributed by atoms with Crippen LogP contribution in [0.3, 0.4) is 0 Å². The van der Waals surface area contributed by atoms with Crippen LogP contribution in [0.1, 0.15) is 52.4 Å². The van der Waals surface area contributed by atoms with Gasteiger partial charge in [0.15, 0.2) is 0 Å². The van der Waals surface area contributed by atoms with Gasteiger partial charge in [0.05, 0.1) is 18.6 Å². The van der Waals surface area contributed by atoms with Gasteiger partial charge < -0.3 is 37.7 Å². The fourth-order valence-corrected chi connectivity index (χ4v) is 1.88. The van der Waals surface area contributed by atoms with Crippen molar-refractivity contribution in [3.63, 3.8) is 0 Å². The quantitative estimate of drug-likeness (QED) is 0.176. The summed E-state index contributed by atoms with van der Waals surface area (Å²) in [6.07, 6.45) is 4.90. The van der Waals surface area contributed by atoms with Gasteiger partial charge >= 0.3 is 0 Å². The average molecular weight is 378 g/mol. The number of carbonyl (C=O) groups excluding carboxylic acids is 3. The maximum atomic E-state index is 11.7. The van der Waals surface area contributed by atoms with Gasteiger partial charge in [0.25, 0.3) is 0 Å². The number of aldehydes is 1. The van der Waals surface area contributed by atoms with E-state index in [2.05, 4.69) is 10.6 Å². The summed E-state index contributed by atoms with van der Waals surface area (Å²) in [6, 6.07) is -1.19. The molecule has 0 heterocycles. The number of nitrogens with two attached hydrogens (primary N) is 3. The summed E-state index contributed by atoms with van der Waals surface area (Å²) in [6.45, 7) is 4.93. The maximum Gasteiger partial charge on any atom is 0.239 e. The number of unbranched alkanes of at least 4 members (excludes halogenated alkanes) is 2. The van der Waals surface area contributed by atoms with Crippen molar-refractivity contribution in [1.82, 2.24) is 10.6 Å². The van der Waals surface area contributed by atoms with Crippen molar-refractivity contribution in [3.8, 4) is 0 Å². The molecule has 0 spiro atoms. The van der Waals surface area contributed by atoms with Crippen LogP contribution in [-0.2, 0) is 14.4 Å². The Balaban J connectivity index is -0.00000123. The predicted octanol–water partition coefficient (Wildman–Crippen LogP) is -0.994. The third kappa shape index (κ3) is 18.8. The molecule has 0 aliphatic rings. The number of rotatable bonds is 13. The van der Waals surface area contributed by atoms with Crippen molar-refractivity contribution in [2.24, 2.45) is 17.2 Å². The van der Waals surface area contributed by atoms with Gasteiger partial charge in [0.1, 0.15) is 6.29 Å². The molecule has 0 aromatic carbocycles. The number of aliphatic hydroxyl groups excluding tert-OH is 1. The molecule has 0 saturated heterocycles. The van der Waals surface area contributed by atoms with Crippen LogP contribution in [0.25, 0.3) is 0 Å². The van der Waals surface area contributed by atoms with E-state index >= 15 is 0 Å². The standard InChI is InChI=1S/C14H29N5O3.C2H6.CH4O/c15-7-3-1-5-11(10-20)19-13(21)9-18-14(22)12(17)6-2-4-8-16;2*1-2/h10-12H,1-9,15-17H2,(H,18,22)(H,19,21);1-2H3;2H,1H3. The van der Waals surface area contributed by atoms with Gasteiger partial charge in [-0.1, -0.05) is 20.3 Å². The lowest BCUT2D eigenvalue weighted by molar-refractivity contribution is -0.127. The molecule has 9 N–H and O–H groups in total. The van der Waals surface area contributed by atoms with Crippen molar-refractivity contribution < 1.29 is 19.5 Å². The Bertz CT molecular complexity index is 343. The SMILES string of the molecule is CC.CO.NCCCCC(C=O)NC(=O)CNC(=O)C(N)CCCCN. The minimum atomic E-state index is -0.647. The monoisotopic (exact) mass is 377 g/mol. The number of carbonyl (C=O) groups is 3. The van der Waals surface area contributed by atoms with Crippen molar-refractivity contribution in [2.45, 2.75) is 64.5 Å². The first-order valence-electron chi connectivity index (χ1n) is 9.18. The van der Waals surface area contributed by atoms with E-state index in [0.29, 0.717) is 32.2 Å². The van der Waals surface area contributed by atoms with Gasteiger partial charge in [0.2, 0.25) is 11.8 Å². The summed E-state index contributed by atoms with van der Waals surface area (Å²) < 4.78 is 0. The molecule has 2 amide bonds. The third-order valence-corrected chi connectivity index (χ3v) is 3.21. The highest BCUT2D eigenvalue weighted by Crippen LogP contribution is 1.99. The molecule has 0 aromatic heterocycles. The molecule has 26 heavy (non-hydrogen) atoms. The Kier molecular flexibility index (Phi) is 26.4. The van der Waals surface area contributed by atoms with Gasteiger partial charge in [-0.15, -0.1) is 0 Å². The molecule has 9 nitrogen and oxygen atoms in total. The van der Waals surface area contributed by atoms with Crippen LogP contribution in [0, 0.1) is 0 Å². The molecule has 0 radical (unpaired) electrons. The zero-order valence-electron chi connectivity index (χ0n) is 16.5. The van der Waals surface area contributed by atoms with Crippen LogP contribution >= 0.6 is 0 Å². The summed E-state index contributed by atoms with van der Waals surface area (Å²) in [5.41, 5.74) is 16.4. The molecule has 2 unspecified atom stereocenters. The van der Waals surface area contributed by atoms with Crippen LogP contribution in [0.5, 0.6) is 0 Å². The van der Waals surface area contributed by atoms with Gasteiger partial charge in [-0.05, 0) is 45.2 Å². The summed E-state index contributed by atoms with van der Waals surface area (Å²) in [5, 5.41) is 12.0. The van der Waals surface area contributed by atoms with Crippen LogP contribution < -0.4 is 27.8 Å². The Labute approximate surface area is 157 Å². The lowest BCUT2D eigenvalue weighted by Gasteiger charge is -2.14. The van der Waals surface area contributed by atoms with Crippen LogP contribution in [0.2, 0.25) is 0 Å². The lowest BCUT2D eigenvalue weighted by atomic mass is 10.1. The van der Waals surface area contributed by atoms with E-state index in [0.717, 1.165) is 32.8 Å². The number of hydrogen-bond donors (Lipinski definition) is 6. The molecule has 9 heteroatoms. The van der Waals surface area contributed by atoms with Gasteiger partial charge in [-0.25, -0.2) is 0 Å². The molecule has 0 saturated carbocycles. The zero-order valence-corrected chi connectivity index (χ0v) is 16.5. The summed E-state index contributed by atoms with van der Waals surface area (Å²) in [5.74, 6) is -0.787. The second-order valence-corrected chi connectivity index (χ2v) is 5.20. The van der Waals surface area contributed by atoms with Gasteiger partial charge in [-0.3, -0.25) is 9.59 Å². The minimum absolute atomic E-state index is 0.190. The smallest absolute Gasteiger partial charge is 0.239 e. The molecule has 2 atom stereocenters. The first kappa shape index (κ1) is 29.2. The first-order valence-corrected chi connectivity index (χ1v) is 9.18. The Morgan fingerprint density at radius 2 is 1.50 bits per heavy atom. The summed E-state index contributed by atoms with van der Waals surface area (Å²) in [4.78, 5) is 34.2. The highest BCUT2D eigenvalue weighted by molar-refractivity contribution is 5.88.